The monoisotopic (exact) mass is 336 g/mol. The first-order valence-electron chi connectivity index (χ1n) is 8.04. The maximum atomic E-state index is 12.2. The van der Waals surface area contributed by atoms with Crippen molar-refractivity contribution in [3.63, 3.8) is 0 Å². The Kier molecular flexibility index (Phi) is 4.87. The van der Waals surface area contributed by atoms with Crippen molar-refractivity contribution in [1.82, 2.24) is 10.2 Å². The van der Waals surface area contributed by atoms with Crippen LogP contribution in [0.3, 0.4) is 0 Å². The number of benzene rings is 1. The molecule has 0 atom stereocenters. The molecule has 124 valence electrons. The Balaban J connectivity index is 1.50. The second-order valence-corrected chi connectivity index (χ2v) is 6.95. The van der Waals surface area contributed by atoms with Gasteiger partial charge in [0.15, 0.2) is 0 Å². The maximum Gasteiger partial charge on any atom is 0.317 e. The van der Waals surface area contributed by atoms with Crippen LogP contribution in [0.1, 0.15) is 36.0 Å². The van der Waals surface area contributed by atoms with Gasteiger partial charge in [0.05, 0.1) is 17.1 Å². The summed E-state index contributed by atoms with van der Waals surface area (Å²) < 4.78 is 0. The van der Waals surface area contributed by atoms with Gasteiger partial charge in [0.25, 0.3) is 5.91 Å². The van der Waals surface area contributed by atoms with Crippen molar-refractivity contribution in [2.45, 2.75) is 37.8 Å². The number of halogens is 1. The van der Waals surface area contributed by atoms with Crippen LogP contribution in [0.2, 0.25) is 5.02 Å². The zero-order valence-corrected chi connectivity index (χ0v) is 13.6. The summed E-state index contributed by atoms with van der Waals surface area (Å²) in [7, 11) is 0. The van der Waals surface area contributed by atoms with E-state index < -0.39 is 5.97 Å². The predicted molar refractivity (Wildman–Crippen MR) is 87.7 cm³/mol. The number of carboxylic acids is 1. The van der Waals surface area contributed by atoms with E-state index in [2.05, 4.69) is 10.2 Å². The molecule has 1 amide bonds. The molecule has 23 heavy (non-hydrogen) atoms. The van der Waals surface area contributed by atoms with Crippen LogP contribution in [-0.4, -0.2) is 47.1 Å². The molecule has 6 heteroatoms. The molecule has 2 aliphatic rings. The molecule has 2 fully saturated rings. The van der Waals surface area contributed by atoms with Gasteiger partial charge in [-0.05, 0) is 43.7 Å². The van der Waals surface area contributed by atoms with Crippen LogP contribution in [0.25, 0.3) is 0 Å². The molecular formula is C17H21ClN2O3. The minimum Gasteiger partial charge on any atom is -0.480 e. The van der Waals surface area contributed by atoms with Crippen LogP contribution in [-0.2, 0) is 4.79 Å². The molecule has 0 saturated heterocycles. The zero-order valence-electron chi connectivity index (χ0n) is 12.9. The second-order valence-electron chi connectivity index (χ2n) is 6.54. The summed E-state index contributed by atoms with van der Waals surface area (Å²) in [6, 6.07) is 7.33. The Morgan fingerprint density at radius 2 is 1.96 bits per heavy atom. The molecule has 0 unspecified atom stereocenters. The summed E-state index contributed by atoms with van der Waals surface area (Å²) in [5.41, 5.74) is 0.484. The van der Waals surface area contributed by atoms with Gasteiger partial charge in [0.2, 0.25) is 0 Å². The third-order valence-corrected chi connectivity index (χ3v) is 4.94. The van der Waals surface area contributed by atoms with Gasteiger partial charge < -0.3 is 10.4 Å². The van der Waals surface area contributed by atoms with Crippen LogP contribution in [0.4, 0.5) is 0 Å². The van der Waals surface area contributed by atoms with E-state index in [1.54, 1.807) is 24.3 Å². The maximum absolute atomic E-state index is 12.2. The van der Waals surface area contributed by atoms with Crippen molar-refractivity contribution in [3.8, 4) is 0 Å². The molecule has 0 radical (unpaired) electrons. The van der Waals surface area contributed by atoms with Gasteiger partial charge in [-0.1, -0.05) is 23.7 Å². The van der Waals surface area contributed by atoms with Gasteiger partial charge in [-0.25, -0.2) is 0 Å². The molecule has 0 bridgehead atoms. The molecule has 0 aromatic heterocycles. The van der Waals surface area contributed by atoms with Gasteiger partial charge >= 0.3 is 5.97 Å². The van der Waals surface area contributed by atoms with Crippen molar-refractivity contribution in [1.29, 1.82) is 0 Å². The number of carbonyl (C=O) groups is 2. The standard InChI is InChI=1S/C17H21ClN2O3/c18-15-4-2-1-3-14(15)17(23)19-12-7-13(8-12)20(10-16(21)22)9-11-5-6-11/h1-4,11-13H,5-10H2,(H,19,23)(H,21,22). The lowest BCUT2D eigenvalue weighted by molar-refractivity contribution is -0.139. The molecule has 0 spiro atoms. The van der Waals surface area contributed by atoms with Crippen LogP contribution in [0, 0.1) is 5.92 Å². The van der Waals surface area contributed by atoms with Crippen molar-refractivity contribution in [2.24, 2.45) is 5.92 Å². The number of amides is 1. The smallest absolute Gasteiger partial charge is 0.317 e. The lowest BCUT2D eigenvalue weighted by Crippen LogP contribution is -2.55. The Morgan fingerprint density at radius 3 is 2.57 bits per heavy atom. The number of nitrogens with zero attached hydrogens (tertiary/aromatic N) is 1. The highest BCUT2D eigenvalue weighted by Crippen LogP contribution is 2.33. The molecule has 1 aromatic carbocycles. The Labute approximate surface area is 140 Å². The summed E-state index contributed by atoms with van der Waals surface area (Å²) in [6.45, 7) is 0.953. The van der Waals surface area contributed by atoms with E-state index in [-0.39, 0.29) is 24.5 Å². The summed E-state index contributed by atoms with van der Waals surface area (Å²) in [5, 5.41) is 12.5. The van der Waals surface area contributed by atoms with E-state index in [0.717, 1.165) is 19.4 Å². The van der Waals surface area contributed by atoms with Gasteiger partial charge in [-0.2, -0.15) is 0 Å². The highest BCUT2D eigenvalue weighted by molar-refractivity contribution is 6.33. The third kappa shape index (κ3) is 4.24. The van der Waals surface area contributed by atoms with Crippen molar-refractivity contribution >= 4 is 23.5 Å². The highest BCUT2D eigenvalue weighted by Gasteiger charge is 2.37. The van der Waals surface area contributed by atoms with Crippen molar-refractivity contribution in [2.75, 3.05) is 13.1 Å². The average Bonchev–Trinajstić information content (AvgIpc) is 3.25. The lowest BCUT2D eigenvalue weighted by Gasteiger charge is -2.42. The fourth-order valence-corrected chi connectivity index (χ4v) is 3.28. The number of carbonyl (C=O) groups excluding carboxylic acids is 1. The van der Waals surface area contributed by atoms with Crippen molar-refractivity contribution in [3.05, 3.63) is 34.9 Å². The van der Waals surface area contributed by atoms with E-state index in [9.17, 15) is 9.59 Å². The Bertz CT molecular complexity index is 597. The van der Waals surface area contributed by atoms with E-state index in [1.807, 2.05) is 0 Å². The summed E-state index contributed by atoms with van der Waals surface area (Å²) >= 11 is 6.03. The Morgan fingerprint density at radius 1 is 1.26 bits per heavy atom. The first-order valence-corrected chi connectivity index (χ1v) is 8.42. The quantitative estimate of drug-likeness (QED) is 0.802. The van der Waals surface area contributed by atoms with Gasteiger partial charge in [0.1, 0.15) is 0 Å². The first-order chi connectivity index (χ1) is 11.0. The number of nitrogens with one attached hydrogen (secondary N) is 1. The van der Waals surface area contributed by atoms with Crippen molar-refractivity contribution < 1.29 is 14.7 Å². The zero-order chi connectivity index (χ0) is 16.4. The van der Waals surface area contributed by atoms with E-state index in [1.165, 1.54) is 12.8 Å². The second kappa shape index (κ2) is 6.89. The summed E-state index contributed by atoms with van der Waals surface area (Å²) in [6.07, 6.45) is 4.01. The first kappa shape index (κ1) is 16.3. The fourth-order valence-electron chi connectivity index (χ4n) is 3.06. The van der Waals surface area contributed by atoms with Gasteiger partial charge in [-0.3, -0.25) is 14.5 Å². The molecule has 3 rings (SSSR count). The van der Waals surface area contributed by atoms with E-state index in [4.69, 9.17) is 16.7 Å². The Hall–Kier alpha value is -1.59. The van der Waals surface area contributed by atoms with E-state index in [0.29, 0.717) is 16.5 Å². The number of rotatable bonds is 7. The molecular weight excluding hydrogens is 316 g/mol. The van der Waals surface area contributed by atoms with Gasteiger partial charge in [0, 0.05) is 18.6 Å². The largest absolute Gasteiger partial charge is 0.480 e. The topological polar surface area (TPSA) is 69.6 Å². The number of hydrogen-bond donors (Lipinski definition) is 2. The van der Waals surface area contributed by atoms with Crippen LogP contribution < -0.4 is 5.32 Å². The normalized spacial score (nSPS) is 23.4. The molecule has 0 aliphatic heterocycles. The molecule has 2 N–H and O–H groups in total. The summed E-state index contributed by atoms with van der Waals surface area (Å²) in [5.74, 6) is -0.286. The highest BCUT2D eigenvalue weighted by atomic mass is 35.5. The number of hydrogen-bond acceptors (Lipinski definition) is 3. The summed E-state index contributed by atoms with van der Waals surface area (Å²) in [4.78, 5) is 25.3. The SMILES string of the molecule is O=C(O)CN(CC1CC1)C1CC(NC(=O)c2ccccc2Cl)C1. The molecule has 5 nitrogen and oxygen atoms in total. The molecule has 2 saturated carbocycles. The molecule has 2 aliphatic carbocycles. The third-order valence-electron chi connectivity index (χ3n) is 4.61. The minimum atomic E-state index is -0.783. The lowest BCUT2D eigenvalue weighted by atomic mass is 9.85. The average molecular weight is 337 g/mol. The van der Waals surface area contributed by atoms with Gasteiger partial charge in [-0.15, -0.1) is 0 Å². The predicted octanol–water partition coefficient (Wildman–Crippen LogP) is 2.40. The molecule has 0 heterocycles. The van der Waals surface area contributed by atoms with E-state index >= 15 is 0 Å². The molecule has 1 aromatic rings. The van der Waals surface area contributed by atoms with Crippen LogP contribution in [0.5, 0.6) is 0 Å². The van der Waals surface area contributed by atoms with Crippen LogP contribution in [0.15, 0.2) is 24.3 Å². The minimum absolute atomic E-state index is 0.0896. The van der Waals surface area contributed by atoms with Crippen LogP contribution >= 0.6 is 11.6 Å². The number of aliphatic carboxylic acids is 1. The fraction of sp³-hybridized carbons (Fsp3) is 0.529. The number of carboxylic acid groups (broad SMARTS) is 1.